The minimum atomic E-state index is -0.472. The van der Waals surface area contributed by atoms with E-state index in [-0.39, 0.29) is 72.1 Å². The molecule has 6 aromatic heterocycles. The summed E-state index contributed by atoms with van der Waals surface area (Å²) in [6.07, 6.45) is 22.7. The van der Waals surface area contributed by atoms with Gasteiger partial charge < -0.3 is 30.0 Å². The summed E-state index contributed by atoms with van der Waals surface area (Å²) in [6, 6.07) is 22.3. The van der Waals surface area contributed by atoms with Crippen molar-refractivity contribution in [1.82, 2.24) is 49.5 Å². The zero-order valence-electron chi connectivity index (χ0n) is 40.7. The van der Waals surface area contributed by atoms with Crippen molar-refractivity contribution in [2.75, 3.05) is 26.3 Å². The van der Waals surface area contributed by atoms with Crippen molar-refractivity contribution in [2.24, 2.45) is 23.7 Å². The van der Waals surface area contributed by atoms with Gasteiger partial charge in [-0.2, -0.15) is 0 Å². The highest BCUT2D eigenvalue weighted by Gasteiger charge is 2.57. The van der Waals surface area contributed by atoms with Gasteiger partial charge in [0.05, 0.1) is 23.9 Å². The molecule has 0 aliphatic carbocycles. The number of nitrogens with one attached hydrogen (secondary N) is 2. The van der Waals surface area contributed by atoms with Crippen LogP contribution in [0.1, 0.15) is 70.7 Å². The van der Waals surface area contributed by atoms with E-state index in [1.165, 1.54) is 0 Å². The number of aromatic nitrogens is 6. The number of hydrogen-bond acceptors (Lipinski definition) is 12. The summed E-state index contributed by atoms with van der Waals surface area (Å²) in [6.45, 7) is 6.61. The average molecular weight is 971 g/mol. The molecular weight excluding hydrogens is 909 g/mol. The van der Waals surface area contributed by atoms with E-state index in [2.05, 4.69) is 40.4 Å². The minimum Gasteiger partial charge on any atom is -0.396 e. The Morgan fingerprint density at radius 2 is 0.889 bits per heavy atom. The highest BCUT2D eigenvalue weighted by atomic mass is 16.3. The Morgan fingerprint density at radius 1 is 0.542 bits per heavy atom. The van der Waals surface area contributed by atoms with Crippen molar-refractivity contribution in [3.8, 4) is 0 Å². The van der Waals surface area contributed by atoms with Crippen molar-refractivity contribution >= 4 is 24.0 Å². The fourth-order valence-corrected chi connectivity index (χ4v) is 11.5. The van der Waals surface area contributed by atoms with E-state index in [1.807, 2.05) is 111 Å². The summed E-state index contributed by atoms with van der Waals surface area (Å²) < 4.78 is 3.61. The summed E-state index contributed by atoms with van der Waals surface area (Å²) in [7, 11) is 0. The van der Waals surface area contributed by atoms with Gasteiger partial charge in [-0.15, -0.1) is 0 Å². The summed E-state index contributed by atoms with van der Waals surface area (Å²) >= 11 is 0. The molecule has 0 spiro atoms. The third-order valence-corrected chi connectivity index (χ3v) is 14.9. The van der Waals surface area contributed by atoms with Crippen LogP contribution in [0.4, 0.5) is 0 Å². The summed E-state index contributed by atoms with van der Waals surface area (Å²) in [5, 5.41) is 27.2. The van der Waals surface area contributed by atoms with E-state index in [1.54, 1.807) is 58.7 Å². The van der Waals surface area contributed by atoms with Crippen LogP contribution in [0.15, 0.2) is 144 Å². The number of aliphatic hydroxyl groups excluding tert-OH is 2. The van der Waals surface area contributed by atoms with Crippen LogP contribution in [0.2, 0.25) is 0 Å². The maximum Gasteiger partial charge on any atom is 0.258 e. The lowest BCUT2D eigenvalue weighted by molar-refractivity contribution is -0.128. The largest absolute Gasteiger partial charge is 0.396 e. The van der Waals surface area contributed by atoms with Crippen LogP contribution in [0.3, 0.4) is 0 Å². The quantitative estimate of drug-likeness (QED) is 0.107. The second-order valence-electron chi connectivity index (χ2n) is 18.9. The van der Waals surface area contributed by atoms with E-state index >= 15 is 0 Å². The van der Waals surface area contributed by atoms with Crippen LogP contribution in [0.5, 0.6) is 0 Å². The van der Waals surface area contributed by atoms with Gasteiger partial charge in [-0.1, -0.05) is 24.3 Å². The molecule has 72 heavy (non-hydrogen) atoms. The molecular formula is C56H62N10O6. The first-order chi connectivity index (χ1) is 35.2. The van der Waals surface area contributed by atoms with Gasteiger partial charge in [0.15, 0.2) is 0 Å². The molecule has 2 amide bonds. The first-order valence-corrected chi connectivity index (χ1v) is 24.8. The lowest BCUT2D eigenvalue weighted by Gasteiger charge is -2.38. The normalized spacial score (nSPS) is 23.1. The maximum absolute atomic E-state index is 13.6. The number of hydrogen-bond donors (Lipinski definition) is 4. The van der Waals surface area contributed by atoms with Crippen molar-refractivity contribution in [1.29, 1.82) is 0 Å². The molecule has 16 nitrogen and oxygen atoms in total. The van der Waals surface area contributed by atoms with E-state index in [0.29, 0.717) is 63.2 Å². The van der Waals surface area contributed by atoms with Crippen LogP contribution in [-0.2, 0) is 48.6 Å². The van der Waals surface area contributed by atoms with Gasteiger partial charge in [-0.3, -0.25) is 48.9 Å². The van der Waals surface area contributed by atoms with Crippen LogP contribution < -0.4 is 21.8 Å². The molecule has 0 radical (unpaired) electrons. The lowest BCUT2D eigenvalue weighted by atomic mass is 9.86. The Morgan fingerprint density at radius 3 is 1.22 bits per heavy atom. The van der Waals surface area contributed by atoms with Crippen molar-refractivity contribution in [2.45, 2.75) is 77.0 Å². The van der Waals surface area contributed by atoms with Crippen LogP contribution >= 0.6 is 0 Å². The zero-order valence-corrected chi connectivity index (χ0v) is 40.7. The zero-order chi connectivity index (χ0) is 50.1. The predicted octanol–water partition coefficient (Wildman–Crippen LogP) is 4.39. The topological polar surface area (TPSA) is 201 Å². The van der Waals surface area contributed by atoms with Gasteiger partial charge in [0.1, 0.15) is 0 Å². The summed E-state index contributed by atoms with van der Waals surface area (Å²) in [4.78, 5) is 74.8. The number of nitrogens with zero attached hydrogens (tertiary/aromatic N) is 8. The van der Waals surface area contributed by atoms with E-state index < -0.39 is 11.8 Å². The van der Waals surface area contributed by atoms with Crippen LogP contribution in [0.25, 0.3) is 12.2 Å². The molecule has 0 saturated carbocycles. The molecule has 4 aliphatic heterocycles. The van der Waals surface area contributed by atoms with Crippen LogP contribution in [-0.4, -0.2) is 99.3 Å². The predicted molar refractivity (Wildman–Crippen MR) is 273 cm³/mol. The molecule has 0 unspecified atom stereocenters. The first-order valence-electron chi connectivity index (χ1n) is 24.8. The molecule has 4 N–H and O–H groups in total. The number of rotatable bonds is 16. The first kappa shape index (κ1) is 49.7. The number of aliphatic hydroxyl groups is 2. The van der Waals surface area contributed by atoms with Crippen LogP contribution in [0, 0.1) is 23.7 Å². The molecule has 4 bridgehead atoms. The second-order valence-corrected chi connectivity index (χ2v) is 18.9. The number of allylic oxidation sites excluding steroid dienone is 2. The average Bonchev–Trinajstić information content (AvgIpc) is 3.74. The van der Waals surface area contributed by atoms with E-state index in [9.17, 15) is 29.4 Å². The molecule has 372 valence electrons. The molecule has 0 aromatic carbocycles. The molecule has 10 heterocycles. The van der Waals surface area contributed by atoms with Crippen molar-refractivity contribution in [3.63, 3.8) is 0 Å². The Labute approximate surface area is 418 Å². The fraction of sp³-hybridized carbons (Fsp3) is 0.357. The highest BCUT2D eigenvalue weighted by Crippen LogP contribution is 2.50. The SMILES string of the molecule is C/C=C/c1ccc2n(c1=O)C[C@H]1[C@H](CO)[C@@H](C(=O)NCCc3ccncc3)[C@@H]2N1Cc1ccncc1.C/C=C\c1ccc2n(c1=O)C[C@H]1[C@H](CO)[C@@H](C(=O)NCCc3ccncc3)[C@@H]2N1Cc1ccncc1. The molecule has 16 heteroatoms. The highest BCUT2D eigenvalue weighted by molar-refractivity contribution is 5.81. The van der Waals surface area contributed by atoms with E-state index in [4.69, 9.17) is 0 Å². The lowest BCUT2D eigenvalue weighted by Crippen LogP contribution is -2.46. The Bertz CT molecular complexity index is 2790. The third kappa shape index (κ3) is 10.3. The van der Waals surface area contributed by atoms with Gasteiger partial charge in [0, 0.05) is 148 Å². The number of pyridine rings is 6. The smallest absolute Gasteiger partial charge is 0.258 e. The maximum atomic E-state index is 13.6. The van der Waals surface area contributed by atoms with Crippen molar-refractivity contribution < 1.29 is 19.8 Å². The monoisotopic (exact) mass is 970 g/mol. The van der Waals surface area contributed by atoms with Gasteiger partial charge in [0.25, 0.3) is 11.1 Å². The van der Waals surface area contributed by atoms with Gasteiger partial charge >= 0.3 is 0 Å². The molecule has 8 atom stereocenters. The fourth-order valence-electron chi connectivity index (χ4n) is 11.5. The van der Waals surface area contributed by atoms with Gasteiger partial charge in [-0.25, -0.2) is 0 Å². The Balaban J connectivity index is 0.000000178. The Kier molecular flexibility index (Phi) is 15.8. The number of fused-ring (bicyclic) bond motifs is 8. The number of carbonyl (C=O) groups is 2. The number of carbonyl (C=O) groups excluding carboxylic acids is 2. The summed E-state index contributed by atoms with van der Waals surface area (Å²) in [5.74, 6) is -1.70. The number of amides is 2. The molecule has 10 rings (SSSR count). The standard InChI is InChI=1S/2C28H31N5O3/c2*1-2-3-21-4-5-23-26-25(27(35)31-15-10-19-6-11-29-12-7-19)22(18-34)24(17-33(23)28(21)36)32(26)16-20-8-13-30-14-9-20/h2*2-9,11-14,22,24-26,34H,10,15-18H2,1H3,(H,31,35)/b3-2+;3-2-/t2*22-,24-,25+,26+/m00/s1. The third-order valence-electron chi connectivity index (χ3n) is 14.9. The Hall–Kier alpha value is -7.24. The molecule has 2 fully saturated rings. The van der Waals surface area contributed by atoms with E-state index in [0.717, 1.165) is 33.6 Å². The molecule has 6 aromatic rings. The molecule has 2 saturated heterocycles. The molecule has 4 aliphatic rings. The second kappa shape index (κ2) is 22.9. The minimum absolute atomic E-state index is 0.0559. The van der Waals surface area contributed by atoms with Gasteiger partial charge in [-0.05, 0) is 122 Å². The van der Waals surface area contributed by atoms with Crippen molar-refractivity contribution in [3.05, 3.63) is 200 Å². The summed E-state index contributed by atoms with van der Waals surface area (Å²) in [5.41, 5.74) is 7.15. The van der Waals surface area contributed by atoms with Gasteiger partial charge in [0.2, 0.25) is 11.8 Å².